The summed E-state index contributed by atoms with van der Waals surface area (Å²) in [7, 11) is 0. The molecule has 2 aliphatic heterocycles. The number of aromatic nitrogens is 2. The van der Waals surface area contributed by atoms with E-state index in [0.29, 0.717) is 41.7 Å². The highest BCUT2D eigenvalue weighted by molar-refractivity contribution is 5.72. The van der Waals surface area contributed by atoms with Crippen molar-refractivity contribution in [2.45, 2.75) is 39.0 Å². The van der Waals surface area contributed by atoms with E-state index in [2.05, 4.69) is 34.0 Å². The van der Waals surface area contributed by atoms with E-state index in [1.54, 1.807) is 6.07 Å². The maximum atomic E-state index is 15.0. The van der Waals surface area contributed by atoms with Crippen LogP contribution < -0.4 is 15.0 Å². The van der Waals surface area contributed by atoms with E-state index < -0.39 is 11.6 Å². The molecule has 0 bridgehead atoms. The van der Waals surface area contributed by atoms with Crippen LogP contribution in [0.1, 0.15) is 49.6 Å². The number of nitrogens with zero attached hydrogens (tertiary/aromatic N) is 3. The van der Waals surface area contributed by atoms with Crippen molar-refractivity contribution in [3.8, 4) is 17.0 Å². The van der Waals surface area contributed by atoms with Crippen molar-refractivity contribution in [1.29, 1.82) is 0 Å². The molecule has 1 aromatic heterocycles. The highest BCUT2D eigenvalue weighted by atomic mass is 19.1. The first kappa shape index (κ1) is 24.6. The van der Waals surface area contributed by atoms with Gasteiger partial charge < -0.3 is 15.0 Å². The summed E-state index contributed by atoms with van der Waals surface area (Å²) in [4.78, 5) is 10.6. The molecule has 3 heterocycles. The zero-order valence-corrected chi connectivity index (χ0v) is 20.7. The van der Waals surface area contributed by atoms with Gasteiger partial charge >= 0.3 is 0 Å². The predicted octanol–water partition coefficient (Wildman–Crippen LogP) is 5.47. The number of fused-ring (bicyclic) bond motifs is 1. The molecule has 5 rings (SSSR count). The van der Waals surface area contributed by atoms with Crippen molar-refractivity contribution >= 4 is 5.69 Å². The van der Waals surface area contributed by atoms with Crippen molar-refractivity contribution in [2.75, 3.05) is 37.7 Å². The summed E-state index contributed by atoms with van der Waals surface area (Å²) in [6, 6.07) is 8.21. The molecule has 0 spiro atoms. The Bertz CT molecular complexity index is 1240. The van der Waals surface area contributed by atoms with E-state index in [9.17, 15) is 13.2 Å². The van der Waals surface area contributed by atoms with Crippen LogP contribution in [-0.4, -0.2) is 42.8 Å². The highest BCUT2D eigenvalue weighted by Crippen LogP contribution is 2.39. The molecule has 5 nitrogen and oxygen atoms in total. The van der Waals surface area contributed by atoms with Crippen molar-refractivity contribution in [3.05, 3.63) is 70.9 Å². The second-order valence-electron chi connectivity index (χ2n) is 10.0. The Kier molecular flexibility index (Phi) is 7.14. The van der Waals surface area contributed by atoms with Gasteiger partial charge in [-0.2, -0.15) is 0 Å². The normalized spacial score (nSPS) is 16.2. The van der Waals surface area contributed by atoms with Gasteiger partial charge in [-0.1, -0.05) is 26.0 Å². The van der Waals surface area contributed by atoms with Crippen molar-refractivity contribution in [1.82, 2.24) is 15.3 Å². The number of hydrogen-bond donors (Lipinski definition) is 1. The van der Waals surface area contributed by atoms with E-state index in [-0.39, 0.29) is 29.6 Å². The zero-order chi connectivity index (χ0) is 25.2. The third-order valence-corrected chi connectivity index (χ3v) is 6.83. The predicted molar refractivity (Wildman–Crippen MR) is 134 cm³/mol. The Morgan fingerprint density at radius 1 is 1.06 bits per heavy atom. The van der Waals surface area contributed by atoms with Crippen LogP contribution in [0.4, 0.5) is 18.9 Å². The van der Waals surface area contributed by atoms with Gasteiger partial charge in [0.15, 0.2) is 17.4 Å². The summed E-state index contributed by atoms with van der Waals surface area (Å²) in [6.07, 6.45) is 3.17. The van der Waals surface area contributed by atoms with Crippen LogP contribution in [0.5, 0.6) is 5.75 Å². The number of piperidine rings is 1. The van der Waals surface area contributed by atoms with Crippen molar-refractivity contribution < 1.29 is 17.9 Å². The van der Waals surface area contributed by atoms with E-state index in [1.165, 1.54) is 12.1 Å². The first-order chi connectivity index (χ1) is 17.4. The Labute approximate surface area is 209 Å². The number of halogens is 3. The molecule has 8 heteroatoms. The fourth-order valence-corrected chi connectivity index (χ4v) is 5.12. The second kappa shape index (κ2) is 10.5. The number of ether oxygens (including phenoxy) is 1. The zero-order valence-electron chi connectivity index (χ0n) is 20.7. The Morgan fingerprint density at radius 2 is 1.86 bits per heavy atom. The number of hydrogen-bond acceptors (Lipinski definition) is 5. The van der Waals surface area contributed by atoms with Gasteiger partial charge in [-0.3, -0.25) is 0 Å². The third-order valence-electron chi connectivity index (χ3n) is 6.83. The summed E-state index contributed by atoms with van der Waals surface area (Å²) in [5, 5.41) is 3.30. The fraction of sp³-hybridized carbons (Fsp3) is 0.429. The maximum Gasteiger partial charge on any atom is 0.178 e. The Hall–Kier alpha value is -3.13. The van der Waals surface area contributed by atoms with Gasteiger partial charge in [0, 0.05) is 18.5 Å². The molecule has 0 saturated carbocycles. The van der Waals surface area contributed by atoms with Gasteiger partial charge in [-0.05, 0) is 67.1 Å². The largest absolute Gasteiger partial charge is 0.486 e. The van der Waals surface area contributed by atoms with Crippen LogP contribution in [0.2, 0.25) is 0 Å². The molecule has 1 N–H and O–H groups in total. The van der Waals surface area contributed by atoms with Crippen molar-refractivity contribution in [2.24, 2.45) is 5.92 Å². The minimum Gasteiger partial charge on any atom is -0.486 e. The minimum atomic E-state index is -0.641. The monoisotopic (exact) mass is 496 g/mol. The van der Waals surface area contributed by atoms with Crippen LogP contribution >= 0.6 is 0 Å². The fourth-order valence-electron chi connectivity index (χ4n) is 5.12. The molecule has 3 aromatic rings. The molecular formula is C28H31F3N4O. The van der Waals surface area contributed by atoms with Gasteiger partial charge in [0.25, 0.3) is 0 Å². The molecule has 2 aromatic carbocycles. The highest BCUT2D eigenvalue weighted by Gasteiger charge is 2.25. The van der Waals surface area contributed by atoms with Crippen LogP contribution in [-0.2, 0) is 6.42 Å². The average Bonchev–Trinajstić information content (AvgIpc) is 2.86. The van der Waals surface area contributed by atoms with Crippen LogP contribution in [0.3, 0.4) is 0 Å². The second-order valence-corrected chi connectivity index (χ2v) is 10.0. The van der Waals surface area contributed by atoms with E-state index in [1.807, 2.05) is 12.1 Å². The summed E-state index contributed by atoms with van der Waals surface area (Å²) in [5.74, 6) is -0.315. The lowest BCUT2D eigenvalue weighted by Crippen LogP contribution is -2.35. The molecule has 2 aliphatic rings. The summed E-state index contributed by atoms with van der Waals surface area (Å²) >= 11 is 0. The van der Waals surface area contributed by atoms with E-state index in [0.717, 1.165) is 44.2 Å². The topological polar surface area (TPSA) is 50.3 Å². The average molecular weight is 497 g/mol. The summed E-state index contributed by atoms with van der Waals surface area (Å²) in [5.41, 5.74) is 2.37. The Morgan fingerprint density at radius 3 is 2.61 bits per heavy atom. The lowest BCUT2D eigenvalue weighted by molar-refractivity contribution is 0.289. The van der Waals surface area contributed by atoms with Gasteiger partial charge in [-0.15, -0.1) is 0 Å². The van der Waals surface area contributed by atoms with Gasteiger partial charge in [-0.25, -0.2) is 23.1 Å². The number of anilines is 1. The maximum absolute atomic E-state index is 15.0. The smallest absolute Gasteiger partial charge is 0.178 e. The third kappa shape index (κ3) is 5.19. The van der Waals surface area contributed by atoms with Crippen molar-refractivity contribution in [3.63, 3.8) is 0 Å². The molecule has 0 radical (unpaired) electrons. The quantitative estimate of drug-likeness (QED) is 0.490. The molecule has 190 valence electrons. The first-order valence-electron chi connectivity index (χ1n) is 12.6. The molecule has 1 saturated heterocycles. The first-order valence-corrected chi connectivity index (χ1v) is 12.6. The molecule has 0 atom stereocenters. The Balaban J connectivity index is 1.42. The molecule has 0 amide bonds. The minimum absolute atomic E-state index is 0.0172. The SMILES string of the molecule is CC(C)CN1CCOc2c(F)cc(-c3nc(Cc4ccc(C5CCNCC5)c(F)c4)ncc3F)cc21. The van der Waals surface area contributed by atoms with Gasteiger partial charge in [0.05, 0.1) is 18.4 Å². The van der Waals surface area contributed by atoms with Gasteiger partial charge in [0.1, 0.15) is 23.9 Å². The number of rotatable bonds is 6. The van der Waals surface area contributed by atoms with E-state index >= 15 is 0 Å². The summed E-state index contributed by atoms with van der Waals surface area (Å²) < 4.78 is 50.3. The van der Waals surface area contributed by atoms with Crippen LogP contribution in [0.15, 0.2) is 36.5 Å². The molecule has 0 aliphatic carbocycles. The van der Waals surface area contributed by atoms with Crippen LogP contribution in [0.25, 0.3) is 11.3 Å². The lowest BCUT2D eigenvalue weighted by Gasteiger charge is -2.33. The van der Waals surface area contributed by atoms with Crippen LogP contribution in [0, 0.1) is 23.4 Å². The molecule has 1 fully saturated rings. The number of nitrogens with one attached hydrogen (secondary N) is 1. The standard InChI is InChI=1S/C28H31F3N4O/c1-17(2)16-35-9-10-36-28-23(30)13-20(14-25(28)35)27-24(31)15-33-26(34-27)12-18-3-4-21(22(29)11-18)19-5-7-32-8-6-19/h3-4,11,13-15,17,19,32H,5-10,12,16H2,1-2H3. The number of benzene rings is 2. The van der Waals surface area contributed by atoms with Gasteiger partial charge in [0.2, 0.25) is 0 Å². The lowest BCUT2D eigenvalue weighted by atomic mass is 9.89. The molecule has 36 heavy (non-hydrogen) atoms. The summed E-state index contributed by atoms with van der Waals surface area (Å²) in [6.45, 7) is 7.72. The van der Waals surface area contributed by atoms with E-state index in [4.69, 9.17) is 4.74 Å². The molecular weight excluding hydrogens is 465 g/mol. The molecule has 0 unspecified atom stereocenters.